The van der Waals surface area contributed by atoms with Crippen molar-refractivity contribution in [3.05, 3.63) is 101 Å². The molecule has 37 heavy (non-hydrogen) atoms. The molecule has 3 amide bonds. The van der Waals surface area contributed by atoms with Gasteiger partial charge in [0.15, 0.2) is 0 Å². The van der Waals surface area contributed by atoms with Crippen molar-refractivity contribution in [2.75, 3.05) is 11.9 Å². The molecule has 1 aromatic heterocycles. The van der Waals surface area contributed by atoms with E-state index in [2.05, 4.69) is 16.0 Å². The number of nitrogens with zero attached hydrogens (tertiary/aromatic N) is 2. The summed E-state index contributed by atoms with van der Waals surface area (Å²) in [6, 6.07) is 21.1. The van der Waals surface area contributed by atoms with Crippen molar-refractivity contribution in [2.24, 2.45) is 0 Å². The van der Waals surface area contributed by atoms with E-state index in [1.807, 2.05) is 16.7 Å². The molecule has 1 aliphatic rings. The van der Waals surface area contributed by atoms with Gasteiger partial charge in [0, 0.05) is 41.7 Å². The first kappa shape index (κ1) is 23.8. The predicted molar refractivity (Wildman–Crippen MR) is 135 cm³/mol. The highest BCUT2D eigenvalue weighted by molar-refractivity contribution is 6.06. The largest absolute Gasteiger partial charge is 0.352 e. The molecule has 0 saturated carbocycles. The highest BCUT2D eigenvalue weighted by Crippen LogP contribution is 2.30. The number of anilines is 1. The minimum Gasteiger partial charge on any atom is -0.352 e. The molecule has 0 aliphatic carbocycles. The molecule has 5 rings (SSSR count). The highest BCUT2D eigenvalue weighted by atomic mass is 19.1. The molecule has 1 unspecified atom stereocenters. The lowest BCUT2D eigenvalue weighted by atomic mass is 10.1. The van der Waals surface area contributed by atoms with E-state index in [0.717, 1.165) is 16.5 Å². The predicted octanol–water partition coefficient (Wildman–Crippen LogP) is 3.90. The van der Waals surface area contributed by atoms with E-state index in [9.17, 15) is 18.8 Å². The SMILES string of the molecule is N#Cc1cccc(C(=O)Nc2ccc3c(c2)cc2n3C(CC(=O)NCc3ccc(F)cc3)CNC2=O)c1. The summed E-state index contributed by atoms with van der Waals surface area (Å²) in [7, 11) is 0. The van der Waals surface area contributed by atoms with E-state index >= 15 is 0 Å². The van der Waals surface area contributed by atoms with Gasteiger partial charge in [-0.1, -0.05) is 18.2 Å². The third-order valence-electron chi connectivity index (χ3n) is 6.27. The van der Waals surface area contributed by atoms with E-state index < -0.39 is 0 Å². The molecule has 0 bridgehead atoms. The van der Waals surface area contributed by atoms with Crippen molar-refractivity contribution in [1.29, 1.82) is 5.26 Å². The molecule has 3 aromatic carbocycles. The Morgan fingerprint density at radius 3 is 2.68 bits per heavy atom. The fraction of sp³-hybridized carbons (Fsp3) is 0.143. The topological polar surface area (TPSA) is 116 Å². The van der Waals surface area contributed by atoms with Gasteiger partial charge in [-0.05, 0) is 60.2 Å². The van der Waals surface area contributed by atoms with Gasteiger partial charge in [0.25, 0.3) is 11.8 Å². The highest BCUT2D eigenvalue weighted by Gasteiger charge is 2.28. The van der Waals surface area contributed by atoms with Crippen LogP contribution in [0.3, 0.4) is 0 Å². The second kappa shape index (κ2) is 9.95. The maximum absolute atomic E-state index is 13.1. The summed E-state index contributed by atoms with van der Waals surface area (Å²) in [5, 5.41) is 18.3. The summed E-state index contributed by atoms with van der Waals surface area (Å²) >= 11 is 0. The number of halogens is 1. The number of carbonyl (C=O) groups excluding carboxylic acids is 3. The third kappa shape index (κ3) is 5.04. The van der Waals surface area contributed by atoms with E-state index in [4.69, 9.17) is 5.26 Å². The van der Waals surface area contributed by atoms with Crippen LogP contribution in [0.2, 0.25) is 0 Å². The van der Waals surface area contributed by atoms with Crippen LogP contribution in [0.15, 0.2) is 72.8 Å². The molecule has 0 fully saturated rings. The lowest BCUT2D eigenvalue weighted by molar-refractivity contribution is -0.122. The Balaban J connectivity index is 1.33. The number of benzene rings is 3. The van der Waals surface area contributed by atoms with E-state index in [1.54, 1.807) is 48.5 Å². The van der Waals surface area contributed by atoms with Crippen molar-refractivity contribution in [2.45, 2.75) is 19.0 Å². The molecule has 0 radical (unpaired) electrons. The van der Waals surface area contributed by atoms with Gasteiger partial charge in [0.05, 0.1) is 17.7 Å². The fourth-order valence-electron chi connectivity index (χ4n) is 4.46. The zero-order chi connectivity index (χ0) is 25.9. The summed E-state index contributed by atoms with van der Waals surface area (Å²) in [6.45, 7) is 0.575. The molecular formula is C28H22FN5O3. The van der Waals surface area contributed by atoms with Crippen LogP contribution in [0.5, 0.6) is 0 Å². The van der Waals surface area contributed by atoms with E-state index in [1.165, 1.54) is 18.2 Å². The molecule has 0 spiro atoms. The summed E-state index contributed by atoms with van der Waals surface area (Å²) in [6.07, 6.45) is 0.145. The molecule has 0 saturated heterocycles. The van der Waals surface area contributed by atoms with Crippen LogP contribution in [0.1, 0.15) is 44.4 Å². The molecule has 8 nitrogen and oxygen atoms in total. The van der Waals surface area contributed by atoms with Crippen molar-refractivity contribution >= 4 is 34.3 Å². The normalized spacial score (nSPS) is 14.4. The number of fused-ring (bicyclic) bond motifs is 3. The van der Waals surface area contributed by atoms with Gasteiger partial charge in [-0.15, -0.1) is 0 Å². The lowest BCUT2D eigenvalue weighted by Crippen LogP contribution is -2.40. The van der Waals surface area contributed by atoms with Crippen molar-refractivity contribution in [1.82, 2.24) is 15.2 Å². The second-order valence-corrected chi connectivity index (χ2v) is 8.79. The Kier molecular flexibility index (Phi) is 6.39. The van der Waals surface area contributed by atoms with E-state index in [0.29, 0.717) is 29.1 Å². The van der Waals surface area contributed by atoms with Crippen LogP contribution in [0.4, 0.5) is 10.1 Å². The molecule has 1 aliphatic heterocycles. The molecule has 3 N–H and O–H groups in total. The first-order valence-corrected chi connectivity index (χ1v) is 11.7. The minimum atomic E-state index is -0.353. The Morgan fingerprint density at radius 1 is 1.08 bits per heavy atom. The number of nitriles is 1. The number of carbonyl (C=O) groups is 3. The smallest absolute Gasteiger partial charge is 0.268 e. The van der Waals surface area contributed by atoms with Crippen LogP contribution in [-0.2, 0) is 11.3 Å². The van der Waals surface area contributed by atoms with Gasteiger partial charge in [0.1, 0.15) is 11.5 Å². The number of amides is 3. The van der Waals surface area contributed by atoms with Gasteiger partial charge in [-0.25, -0.2) is 4.39 Å². The maximum atomic E-state index is 13.1. The summed E-state index contributed by atoms with van der Waals surface area (Å²) in [5.74, 6) is -1.12. The lowest BCUT2D eigenvalue weighted by Gasteiger charge is -2.27. The van der Waals surface area contributed by atoms with Crippen LogP contribution >= 0.6 is 0 Å². The van der Waals surface area contributed by atoms with E-state index in [-0.39, 0.29) is 42.5 Å². The van der Waals surface area contributed by atoms with Gasteiger partial charge in [-0.3, -0.25) is 14.4 Å². The van der Waals surface area contributed by atoms with Crippen LogP contribution in [-0.4, -0.2) is 28.8 Å². The number of aromatic nitrogens is 1. The zero-order valence-corrected chi connectivity index (χ0v) is 19.6. The quantitative estimate of drug-likeness (QED) is 0.376. The van der Waals surface area contributed by atoms with Crippen LogP contribution in [0.25, 0.3) is 10.9 Å². The standard InChI is InChI=1S/C28H22FN5O3/c29-21-6-4-17(5-7-21)15-31-26(35)13-23-16-32-28(37)25-12-20-11-22(8-9-24(20)34(23)25)33-27(36)19-3-1-2-18(10-19)14-30/h1-12,23H,13,15-16H2,(H,31,35)(H,32,37)(H,33,36). The Hall–Kier alpha value is -4.97. The van der Waals surface area contributed by atoms with Gasteiger partial charge < -0.3 is 20.5 Å². The Labute approximate surface area is 211 Å². The molecule has 1 atom stereocenters. The second-order valence-electron chi connectivity index (χ2n) is 8.79. The maximum Gasteiger partial charge on any atom is 0.268 e. The van der Waals surface area contributed by atoms with Gasteiger partial charge >= 0.3 is 0 Å². The number of hydrogen-bond acceptors (Lipinski definition) is 4. The first-order valence-electron chi connectivity index (χ1n) is 11.7. The fourth-order valence-corrected chi connectivity index (χ4v) is 4.46. The molecule has 2 heterocycles. The van der Waals surface area contributed by atoms with Crippen molar-refractivity contribution in [3.63, 3.8) is 0 Å². The monoisotopic (exact) mass is 495 g/mol. The van der Waals surface area contributed by atoms with Crippen molar-refractivity contribution < 1.29 is 18.8 Å². The summed E-state index contributed by atoms with van der Waals surface area (Å²) in [5.41, 5.74) is 3.28. The number of rotatable bonds is 6. The molecule has 4 aromatic rings. The number of nitrogens with one attached hydrogen (secondary N) is 3. The average molecular weight is 496 g/mol. The molecular weight excluding hydrogens is 473 g/mol. The molecule has 184 valence electrons. The average Bonchev–Trinajstić information content (AvgIpc) is 3.30. The van der Waals surface area contributed by atoms with Crippen molar-refractivity contribution in [3.8, 4) is 6.07 Å². The minimum absolute atomic E-state index is 0.145. The summed E-state index contributed by atoms with van der Waals surface area (Å²) < 4.78 is 15.0. The van der Waals surface area contributed by atoms with Crippen LogP contribution < -0.4 is 16.0 Å². The number of hydrogen-bond donors (Lipinski definition) is 3. The van der Waals surface area contributed by atoms with Gasteiger partial charge in [-0.2, -0.15) is 5.26 Å². The zero-order valence-electron chi connectivity index (χ0n) is 19.6. The Morgan fingerprint density at radius 2 is 1.89 bits per heavy atom. The first-order chi connectivity index (χ1) is 17.9. The summed E-state index contributed by atoms with van der Waals surface area (Å²) in [4.78, 5) is 37.9. The third-order valence-corrected chi connectivity index (χ3v) is 6.27. The molecule has 9 heteroatoms. The Bertz CT molecular complexity index is 1570. The van der Waals surface area contributed by atoms with Crippen LogP contribution in [0, 0.1) is 17.1 Å². The van der Waals surface area contributed by atoms with Gasteiger partial charge in [0.2, 0.25) is 5.91 Å².